The van der Waals surface area contributed by atoms with E-state index in [2.05, 4.69) is 25.3 Å². The number of rotatable bonds is 1. The fourth-order valence-electron chi connectivity index (χ4n) is 1.73. The Morgan fingerprint density at radius 1 is 1.12 bits per heavy atom. The molecule has 16 heavy (non-hydrogen) atoms. The number of amidine groups is 1. The first-order valence-corrected chi connectivity index (χ1v) is 5.29. The number of nitrogens with zero attached hydrogens (tertiary/aromatic N) is 4. The van der Waals surface area contributed by atoms with Crippen LogP contribution in [0.1, 0.15) is 12.8 Å². The van der Waals surface area contributed by atoms with Crippen LogP contribution in [-0.2, 0) is 0 Å². The van der Waals surface area contributed by atoms with Crippen molar-refractivity contribution in [1.29, 1.82) is 0 Å². The number of hydrogen-bond donors (Lipinski definition) is 1. The van der Waals surface area contributed by atoms with E-state index in [1.807, 2.05) is 6.07 Å². The summed E-state index contributed by atoms with van der Waals surface area (Å²) in [7, 11) is 0. The van der Waals surface area contributed by atoms with Gasteiger partial charge in [-0.3, -0.25) is 9.98 Å². The first kappa shape index (κ1) is 9.21. The van der Waals surface area contributed by atoms with E-state index in [9.17, 15) is 0 Å². The fraction of sp³-hybridized carbons (Fsp3) is 0.273. The first-order chi connectivity index (χ1) is 7.92. The summed E-state index contributed by atoms with van der Waals surface area (Å²) < 4.78 is 0. The zero-order chi connectivity index (χ0) is 10.8. The van der Waals surface area contributed by atoms with Gasteiger partial charge in [-0.2, -0.15) is 0 Å². The van der Waals surface area contributed by atoms with Crippen molar-refractivity contribution in [3.8, 4) is 0 Å². The van der Waals surface area contributed by atoms with Gasteiger partial charge in [-0.1, -0.05) is 0 Å². The van der Waals surface area contributed by atoms with Crippen LogP contribution >= 0.6 is 0 Å². The molecule has 0 radical (unpaired) electrons. The van der Waals surface area contributed by atoms with Gasteiger partial charge in [0, 0.05) is 25.4 Å². The number of aliphatic imine (C=N–C) groups is 1. The van der Waals surface area contributed by atoms with E-state index in [1.54, 1.807) is 18.6 Å². The van der Waals surface area contributed by atoms with Gasteiger partial charge in [-0.05, 0) is 12.5 Å². The molecule has 2 aromatic heterocycles. The monoisotopic (exact) mass is 213 g/mol. The van der Waals surface area contributed by atoms with Crippen LogP contribution in [-0.4, -0.2) is 27.3 Å². The number of pyridine rings is 1. The molecule has 0 amide bonds. The zero-order valence-electron chi connectivity index (χ0n) is 8.72. The van der Waals surface area contributed by atoms with Gasteiger partial charge < -0.3 is 5.32 Å². The van der Waals surface area contributed by atoms with Crippen molar-refractivity contribution in [3.05, 3.63) is 24.7 Å². The molecular weight excluding hydrogens is 202 g/mol. The van der Waals surface area contributed by atoms with Crippen molar-refractivity contribution in [2.45, 2.75) is 12.8 Å². The highest BCUT2D eigenvalue weighted by molar-refractivity contribution is 5.97. The highest BCUT2D eigenvalue weighted by Gasteiger charge is 2.07. The molecular formula is C11H11N5. The predicted octanol–water partition coefficient (Wildman–Crippen LogP) is 1.63. The van der Waals surface area contributed by atoms with Crippen LogP contribution in [0.15, 0.2) is 29.6 Å². The second-order valence-electron chi connectivity index (χ2n) is 3.68. The lowest BCUT2D eigenvalue weighted by Crippen LogP contribution is -2.08. The standard InChI is InChI=1S/C11H11N5/c1-2-10(13-3-1)16-8-6-9-11(15-7-8)14-5-4-12-9/h4-7H,1-3H2,(H,13,16). The van der Waals surface area contributed by atoms with Gasteiger partial charge >= 0.3 is 0 Å². The smallest absolute Gasteiger partial charge is 0.178 e. The van der Waals surface area contributed by atoms with Crippen molar-refractivity contribution in [2.24, 2.45) is 4.99 Å². The average Bonchev–Trinajstić information content (AvgIpc) is 2.82. The molecule has 0 atom stereocenters. The van der Waals surface area contributed by atoms with Crippen molar-refractivity contribution >= 4 is 22.7 Å². The van der Waals surface area contributed by atoms with E-state index in [-0.39, 0.29) is 0 Å². The molecule has 1 aliphatic heterocycles. The second-order valence-corrected chi connectivity index (χ2v) is 3.68. The Balaban J connectivity index is 1.92. The lowest BCUT2D eigenvalue weighted by atomic mass is 10.3. The Kier molecular flexibility index (Phi) is 2.21. The Morgan fingerprint density at radius 3 is 2.94 bits per heavy atom. The highest BCUT2D eigenvalue weighted by Crippen LogP contribution is 2.14. The molecule has 2 aromatic rings. The third-order valence-corrected chi connectivity index (χ3v) is 2.49. The number of nitrogens with one attached hydrogen (secondary N) is 1. The summed E-state index contributed by atoms with van der Waals surface area (Å²) >= 11 is 0. The van der Waals surface area contributed by atoms with Gasteiger partial charge in [0.1, 0.15) is 11.4 Å². The largest absolute Gasteiger partial charge is 0.343 e. The van der Waals surface area contributed by atoms with Crippen LogP contribution in [0, 0.1) is 0 Å². The van der Waals surface area contributed by atoms with E-state index in [4.69, 9.17) is 0 Å². The number of aromatic nitrogens is 3. The van der Waals surface area contributed by atoms with Crippen LogP contribution in [0.2, 0.25) is 0 Å². The molecule has 3 rings (SSSR count). The van der Waals surface area contributed by atoms with Crippen LogP contribution < -0.4 is 5.32 Å². The first-order valence-electron chi connectivity index (χ1n) is 5.29. The quantitative estimate of drug-likeness (QED) is 0.782. The second kappa shape index (κ2) is 3.84. The van der Waals surface area contributed by atoms with Gasteiger partial charge in [0.25, 0.3) is 0 Å². The lowest BCUT2D eigenvalue weighted by Gasteiger charge is -2.05. The molecule has 0 bridgehead atoms. The van der Waals surface area contributed by atoms with Gasteiger partial charge in [-0.25, -0.2) is 9.97 Å². The maximum Gasteiger partial charge on any atom is 0.178 e. The molecule has 0 saturated carbocycles. The highest BCUT2D eigenvalue weighted by atomic mass is 15.0. The number of fused-ring (bicyclic) bond motifs is 1. The Morgan fingerprint density at radius 2 is 2.06 bits per heavy atom. The molecule has 0 spiro atoms. The molecule has 1 aliphatic rings. The summed E-state index contributed by atoms with van der Waals surface area (Å²) in [6.07, 6.45) is 7.21. The number of hydrogen-bond acceptors (Lipinski definition) is 5. The number of anilines is 1. The SMILES string of the molecule is c1cnc2ncc(NC3=NCCC3)cc2n1. The Hall–Kier alpha value is -2.04. The molecule has 1 N–H and O–H groups in total. The van der Waals surface area contributed by atoms with Crippen molar-refractivity contribution in [2.75, 3.05) is 11.9 Å². The van der Waals surface area contributed by atoms with Gasteiger partial charge in [-0.15, -0.1) is 0 Å². The molecule has 0 unspecified atom stereocenters. The van der Waals surface area contributed by atoms with E-state index < -0.39 is 0 Å². The maximum atomic E-state index is 4.35. The van der Waals surface area contributed by atoms with E-state index in [1.165, 1.54) is 0 Å². The van der Waals surface area contributed by atoms with Gasteiger partial charge in [0.05, 0.1) is 11.9 Å². The van der Waals surface area contributed by atoms with Crippen LogP contribution in [0.4, 0.5) is 5.69 Å². The lowest BCUT2D eigenvalue weighted by molar-refractivity contribution is 0.951. The summed E-state index contributed by atoms with van der Waals surface area (Å²) in [4.78, 5) is 16.9. The minimum absolute atomic E-state index is 0.668. The molecule has 0 fully saturated rings. The molecule has 0 aliphatic carbocycles. The summed E-state index contributed by atoms with van der Waals surface area (Å²) in [5.41, 5.74) is 2.39. The third-order valence-electron chi connectivity index (χ3n) is 2.49. The normalized spacial score (nSPS) is 15.1. The zero-order valence-corrected chi connectivity index (χ0v) is 8.72. The topological polar surface area (TPSA) is 63.1 Å². The van der Waals surface area contributed by atoms with Crippen LogP contribution in [0.5, 0.6) is 0 Å². The third kappa shape index (κ3) is 1.71. The summed E-state index contributed by atoms with van der Waals surface area (Å²) in [6, 6.07) is 1.94. The van der Waals surface area contributed by atoms with Crippen molar-refractivity contribution in [3.63, 3.8) is 0 Å². The fourth-order valence-corrected chi connectivity index (χ4v) is 1.73. The molecule has 3 heterocycles. The van der Waals surface area contributed by atoms with E-state index in [0.29, 0.717) is 5.65 Å². The molecule has 5 nitrogen and oxygen atoms in total. The predicted molar refractivity (Wildman–Crippen MR) is 62.5 cm³/mol. The maximum absolute atomic E-state index is 4.35. The van der Waals surface area contributed by atoms with Gasteiger partial charge in [0.15, 0.2) is 5.65 Å². The molecule has 0 saturated heterocycles. The van der Waals surface area contributed by atoms with Crippen molar-refractivity contribution < 1.29 is 0 Å². The van der Waals surface area contributed by atoms with Crippen LogP contribution in [0.3, 0.4) is 0 Å². The van der Waals surface area contributed by atoms with Gasteiger partial charge in [0.2, 0.25) is 0 Å². The summed E-state index contributed by atoms with van der Waals surface area (Å²) in [6.45, 7) is 0.920. The minimum Gasteiger partial charge on any atom is -0.343 e. The summed E-state index contributed by atoms with van der Waals surface area (Å²) in [5, 5.41) is 3.25. The summed E-state index contributed by atoms with van der Waals surface area (Å²) in [5.74, 6) is 1.03. The Labute approximate surface area is 92.7 Å². The molecule has 80 valence electrons. The van der Waals surface area contributed by atoms with E-state index >= 15 is 0 Å². The molecule has 0 aromatic carbocycles. The Bertz CT molecular complexity index is 549. The van der Waals surface area contributed by atoms with E-state index in [0.717, 1.165) is 36.4 Å². The van der Waals surface area contributed by atoms with Crippen LogP contribution in [0.25, 0.3) is 11.2 Å². The molecule has 5 heteroatoms. The van der Waals surface area contributed by atoms with Crippen molar-refractivity contribution in [1.82, 2.24) is 15.0 Å². The average molecular weight is 213 g/mol. The minimum atomic E-state index is 0.668.